The van der Waals surface area contributed by atoms with E-state index in [4.69, 9.17) is 4.74 Å². The van der Waals surface area contributed by atoms with Gasteiger partial charge in [0.1, 0.15) is 0 Å². The number of hydrogen-bond donors (Lipinski definition) is 1. The summed E-state index contributed by atoms with van der Waals surface area (Å²) in [5, 5.41) is 3.41. The third-order valence-electron chi connectivity index (χ3n) is 2.92. The van der Waals surface area contributed by atoms with Gasteiger partial charge in [-0.3, -0.25) is 0 Å². The van der Waals surface area contributed by atoms with E-state index in [2.05, 4.69) is 58.1 Å². The summed E-state index contributed by atoms with van der Waals surface area (Å²) in [6, 6.07) is 6.61. The normalized spacial score (nSPS) is 11.8. The van der Waals surface area contributed by atoms with Crippen molar-refractivity contribution in [3.8, 4) is 0 Å². The minimum Gasteiger partial charge on any atom is -0.380 e. The molecule has 102 valence electrons. The average molecular weight is 249 g/mol. The first kappa shape index (κ1) is 15.2. The van der Waals surface area contributed by atoms with Crippen LogP contribution in [0, 0.1) is 13.8 Å². The highest BCUT2D eigenvalue weighted by Crippen LogP contribution is 2.11. The highest BCUT2D eigenvalue weighted by molar-refractivity contribution is 5.30. The van der Waals surface area contributed by atoms with Gasteiger partial charge in [0.2, 0.25) is 0 Å². The zero-order valence-corrected chi connectivity index (χ0v) is 12.5. The van der Waals surface area contributed by atoms with Crippen LogP contribution in [-0.2, 0) is 11.2 Å². The summed E-state index contributed by atoms with van der Waals surface area (Å²) < 4.78 is 5.66. The first-order valence-corrected chi connectivity index (χ1v) is 6.77. The average Bonchev–Trinajstić information content (AvgIpc) is 2.24. The summed E-state index contributed by atoms with van der Waals surface area (Å²) in [5.74, 6) is 0. The fourth-order valence-electron chi connectivity index (χ4n) is 1.91. The number of nitrogens with one attached hydrogen (secondary N) is 1. The predicted molar refractivity (Wildman–Crippen MR) is 78.2 cm³/mol. The van der Waals surface area contributed by atoms with Crippen LogP contribution in [0.25, 0.3) is 0 Å². The molecule has 1 aromatic rings. The van der Waals surface area contributed by atoms with Crippen molar-refractivity contribution in [3.05, 3.63) is 34.9 Å². The molecule has 0 aliphatic rings. The van der Waals surface area contributed by atoms with E-state index in [-0.39, 0.29) is 5.54 Å². The first-order chi connectivity index (χ1) is 8.38. The van der Waals surface area contributed by atoms with Gasteiger partial charge in [0.05, 0.1) is 13.2 Å². The van der Waals surface area contributed by atoms with E-state index in [0.29, 0.717) is 0 Å². The molecule has 0 aliphatic carbocycles. The molecule has 1 aromatic carbocycles. The summed E-state index contributed by atoms with van der Waals surface area (Å²) in [7, 11) is 0. The van der Waals surface area contributed by atoms with Crippen molar-refractivity contribution in [1.29, 1.82) is 0 Å². The minimum absolute atomic E-state index is 0.177. The Bertz CT molecular complexity index is 366. The molecule has 0 heterocycles. The smallest absolute Gasteiger partial charge is 0.0591 e. The van der Waals surface area contributed by atoms with Gasteiger partial charge in [-0.15, -0.1) is 0 Å². The summed E-state index contributed by atoms with van der Waals surface area (Å²) in [6.07, 6.45) is 1.00. The maximum absolute atomic E-state index is 5.66. The Morgan fingerprint density at radius 3 is 2.44 bits per heavy atom. The molecular weight excluding hydrogens is 222 g/mol. The summed E-state index contributed by atoms with van der Waals surface area (Å²) in [5.41, 5.74) is 4.26. The zero-order chi connectivity index (χ0) is 13.6. The molecule has 0 fully saturated rings. The summed E-state index contributed by atoms with van der Waals surface area (Å²) in [6.45, 7) is 13.3. The third-order valence-corrected chi connectivity index (χ3v) is 2.92. The number of aryl methyl sites for hydroxylation is 2. The molecule has 0 saturated heterocycles. The molecule has 1 rings (SSSR count). The number of rotatable bonds is 6. The Labute approximate surface area is 112 Å². The molecule has 0 aromatic heterocycles. The Balaban J connectivity index is 2.18. The van der Waals surface area contributed by atoms with Crippen molar-refractivity contribution < 1.29 is 4.74 Å². The van der Waals surface area contributed by atoms with E-state index in [1.165, 1.54) is 16.7 Å². The molecule has 0 radical (unpaired) electrons. The lowest BCUT2D eigenvalue weighted by Crippen LogP contribution is -2.38. The maximum atomic E-state index is 5.66. The standard InChI is InChI=1S/C16H27NO/c1-13-6-7-15(14(2)12-13)8-10-18-11-9-17-16(3,4)5/h6-7,12,17H,8-11H2,1-5H3. The minimum atomic E-state index is 0.177. The number of benzene rings is 1. The molecule has 0 atom stereocenters. The lowest BCUT2D eigenvalue weighted by molar-refractivity contribution is 0.133. The maximum Gasteiger partial charge on any atom is 0.0591 e. The second-order valence-electron chi connectivity index (χ2n) is 5.97. The lowest BCUT2D eigenvalue weighted by atomic mass is 10.0. The van der Waals surface area contributed by atoms with Crippen molar-refractivity contribution in [2.75, 3.05) is 19.8 Å². The predicted octanol–water partition coefficient (Wildman–Crippen LogP) is 3.25. The van der Waals surface area contributed by atoms with Crippen molar-refractivity contribution in [3.63, 3.8) is 0 Å². The van der Waals surface area contributed by atoms with Gasteiger partial charge in [-0.25, -0.2) is 0 Å². The van der Waals surface area contributed by atoms with Crippen LogP contribution in [0.1, 0.15) is 37.5 Å². The van der Waals surface area contributed by atoms with Crippen LogP contribution >= 0.6 is 0 Å². The SMILES string of the molecule is Cc1ccc(CCOCCNC(C)(C)C)c(C)c1. The molecule has 0 unspecified atom stereocenters. The van der Waals surface area contributed by atoms with Crippen LogP contribution in [0.5, 0.6) is 0 Å². The van der Waals surface area contributed by atoms with Crippen molar-refractivity contribution in [1.82, 2.24) is 5.32 Å². The highest BCUT2D eigenvalue weighted by atomic mass is 16.5. The fourth-order valence-corrected chi connectivity index (χ4v) is 1.91. The van der Waals surface area contributed by atoms with E-state index in [1.807, 2.05) is 0 Å². The van der Waals surface area contributed by atoms with Crippen LogP contribution < -0.4 is 5.32 Å². The molecule has 0 saturated carbocycles. The Kier molecular flexibility index (Phi) is 5.83. The molecule has 0 bridgehead atoms. The van der Waals surface area contributed by atoms with Gasteiger partial charge in [0.15, 0.2) is 0 Å². The molecule has 2 nitrogen and oxygen atoms in total. The molecule has 1 N–H and O–H groups in total. The van der Waals surface area contributed by atoms with Crippen molar-refractivity contribution in [2.24, 2.45) is 0 Å². The number of ether oxygens (including phenoxy) is 1. The third kappa shape index (κ3) is 6.18. The fraction of sp³-hybridized carbons (Fsp3) is 0.625. The molecule has 2 heteroatoms. The largest absolute Gasteiger partial charge is 0.380 e. The van der Waals surface area contributed by atoms with E-state index in [9.17, 15) is 0 Å². The van der Waals surface area contributed by atoms with Crippen molar-refractivity contribution in [2.45, 2.75) is 46.6 Å². The second-order valence-corrected chi connectivity index (χ2v) is 5.97. The highest BCUT2D eigenvalue weighted by Gasteiger charge is 2.07. The molecule has 0 amide bonds. The van der Waals surface area contributed by atoms with Gasteiger partial charge in [-0.1, -0.05) is 23.8 Å². The van der Waals surface area contributed by atoms with E-state index >= 15 is 0 Å². The second kappa shape index (κ2) is 6.91. The summed E-state index contributed by atoms with van der Waals surface area (Å²) >= 11 is 0. The quantitative estimate of drug-likeness (QED) is 0.781. The van der Waals surface area contributed by atoms with Gasteiger partial charge in [-0.05, 0) is 52.2 Å². The topological polar surface area (TPSA) is 21.3 Å². The Morgan fingerprint density at radius 2 is 1.83 bits per heavy atom. The van der Waals surface area contributed by atoms with Gasteiger partial charge in [-0.2, -0.15) is 0 Å². The monoisotopic (exact) mass is 249 g/mol. The van der Waals surface area contributed by atoms with E-state index < -0.39 is 0 Å². The van der Waals surface area contributed by atoms with Gasteiger partial charge < -0.3 is 10.1 Å². The summed E-state index contributed by atoms with van der Waals surface area (Å²) in [4.78, 5) is 0. The van der Waals surface area contributed by atoms with Crippen LogP contribution in [0.4, 0.5) is 0 Å². The van der Waals surface area contributed by atoms with Gasteiger partial charge in [0.25, 0.3) is 0 Å². The van der Waals surface area contributed by atoms with Crippen LogP contribution in [-0.4, -0.2) is 25.3 Å². The van der Waals surface area contributed by atoms with Crippen LogP contribution in [0.3, 0.4) is 0 Å². The van der Waals surface area contributed by atoms with Gasteiger partial charge in [0, 0.05) is 12.1 Å². The molecular formula is C16H27NO. The lowest BCUT2D eigenvalue weighted by Gasteiger charge is -2.20. The van der Waals surface area contributed by atoms with Crippen molar-refractivity contribution >= 4 is 0 Å². The Hall–Kier alpha value is -0.860. The number of hydrogen-bond acceptors (Lipinski definition) is 2. The Morgan fingerprint density at radius 1 is 1.11 bits per heavy atom. The van der Waals surface area contributed by atoms with E-state index in [0.717, 1.165) is 26.2 Å². The first-order valence-electron chi connectivity index (χ1n) is 6.77. The van der Waals surface area contributed by atoms with E-state index in [1.54, 1.807) is 0 Å². The molecule has 0 aliphatic heterocycles. The molecule has 0 spiro atoms. The van der Waals surface area contributed by atoms with Gasteiger partial charge >= 0.3 is 0 Å². The van der Waals surface area contributed by atoms with Crippen LogP contribution in [0.2, 0.25) is 0 Å². The van der Waals surface area contributed by atoms with Crippen LogP contribution in [0.15, 0.2) is 18.2 Å². The molecule has 18 heavy (non-hydrogen) atoms. The zero-order valence-electron chi connectivity index (χ0n) is 12.5.